The first-order chi connectivity index (χ1) is 18.5. The number of carbonyl (C=O) groups is 1. The van der Waals surface area contributed by atoms with Gasteiger partial charge in [-0.3, -0.25) is 4.68 Å². The van der Waals surface area contributed by atoms with E-state index in [2.05, 4.69) is 45.4 Å². The van der Waals surface area contributed by atoms with Crippen LogP contribution in [-0.4, -0.2) is 92.8 Å². The third-order valence-electron chi connectivity index (χ3n) is 9.11. The topological polar surface area (TPSA) is 94.5 Å². The molecule has 2 amide bonds. The zero-order valence-electron chi connectivity index (χ0n) is 23.2. The summed E-state index contributed by atoms with van der Waals surface area (Å²) in [5.41, 5.74) is 3.16. The molecular weight excluding hydrogens is 478 g/mol. The Bertz CT molecular complexity index is 1130. The van der Waals surface area contributed by atoms with E-state index in [1.165, 1.54) is 44.1 Å². The zero-order chi connectivity index (χ0) is 26.2. The summed E-state index contributed by atoms with van der Waals surface area (Å²) < 4.78 is 2.18. The van der Waals surface area contributed by atoms with Gasteiger partial charge in [0.2, 0.25) is 5.95 Å². The normalized spacial score (nSPS) is 26.1. The van der Waals surface area contributed by atoms with Crippen molar-refractivity contribution in [1.29, 1.82) is 0 Å². The quantitative estimate of drug-likeness (QED) is 0.474. The van der Waals surface area contributed by atoms with Gasteiger partial charge in [0, 0.05) is 63.3 Å². The first-order valence-corrected chi connectivity index (χ1v) is 14.6. The Hall–Kier alpha value is -2.88. The Morgan fingerprint density at radius 2 is 1.79 bits per heavy atom. The van der Waals surface area contributed by atoms with Gasteiger partial charge in [0.15, 0.2) is 0 Å². The lowest BCUT2D eigenvalue weighted by Crippen LogP contribution is -2.40. The summed E-state index contributed by atoms with van der Waals surface area (Å²) in [5.74, 6) is 2.07. The number of hydrogen-bond acceptors (Lipinski definition) is 7. The van der Waals surface area contributed by atoms with E-state index in [1.54, 1.807) is 0 Å². The highest BCUT2D eigenvalue weighted by Crippen LogP contribution is 2.43. The number of rotatable bonds is 9. The van der Waals surface area contributed by atoms with E-state index >= 15 is 0 Å². The molecule has 1 saturated carbocycles. The largest absolute Gasteiger partial charge is 0.370 e. The van der Waals surface area contributed by atoms with Crippen molar-refractivity contribution in [3.8, 4) is 0 Å². The predicted molar refractivity (Wildman–Crippen MR) is 149 cm³/mol. The molecule has 1 aliphatic carbocycles. The summed E-state index contributed by atoms with van der Waals surface area (Å²) in [6, 6.07) is 1.98. The number of nitrogens with one attached hydrogen (secondary N) is 2. The van der Waals surface area contributed by atoms with Crippen molar-refractivity contribution in [3.63, 3.8) is 0 Å². The number of fused-ring (bicyclic) bond motifs is 2. The minimum absolute atomic E-state index is 0.151. The number of aryl methyl sites for hydroxylation is 1. The van der Waals surface area contributed by atoms with E-state index < -0.39 is 0 Å². The Kier molecular flexibility index (Phi) is 7.16. The predicted octanol–water partition coefficient (Wildman–Crippen LogP) is 4.35. The second-order valence-corrected chi connectivity index (χ2v) is 11.9. The molecule has 4 fully saturated rings. The van der Waals surface area contributed by atoms with Crippen LogP contribution in [0, 0.1) is 6.92 Å². The van der Waals surface area contributed by atoms with Crippen LogP contribution in [0.4, 0.5) is 22.2 Å². The summed E-state index contributed by atoms with van der Waals surface area (Å²) in [6.07, 6.45) is 14.5. The molecule has 2 aromatic heterocycles. The molecule has 5 heterocycles. The van der Waals surface area contributed by atoms with Gasteiger partial charge in [0.1, 0.15) is 5.82 Å². The molecule has 10 nitrogen and oxygen atoms in total. The molecule has 2 N–H and O–H groups in total. The van der Waals surface area contributed by atoms with E-state index in [1.807, 2.05) is 23.0 Å². The Balaban J connectivity index is 1.09. The van der Waals surface area contributed by atoms with Gasteiger partial charge in [-0.25, -0.2) is 9.78 Å². The Morgan fingerprint density at radius 3 is 2.55 bits per heavy atom. The lowest BCUT2D eigenvalue weighted by atomic mass is 9.98. The van der Waals surface area contributed by atoms with Gasteiger partial charge < -0.3 is 25.3 Å². The fourth-order valence-electron chi connectivity index (χ4n) is 6.57. The molecule has 10 heteroatoms. The average Bonchev–Trinajstić information content (AvgIpc) is 3.68. The van der Waals surface area contributed by atoms with Crippen molar-refractivity contribution in [2.45, 2.75) is 88.8 Å². The standard InChI is InChI=1S/C28H43N9O/c1-19-25(18-37(33-19)23-15-21-9-10-22(16-23)35(21)3)31-27-30-17-24(20-7-8-20)26(32-27)29-11-6-14-36-13-5-4-12-34(2)28(36)38/h17-18,20-23H,4-16H2,1-3H3,(H2,29,30,31,32). The lowest BCUT2D eigenvalue weighted by molar-refractivity contribution is 0.131. The lowest BCUT2D eigenvalue weighted by Gasteiger charge is -2.36. The van der Waals surface area contributed by atoms with Crippen molar-refractivity contribution < 1.29 is 4.79 Å². The van der Waals surface area contributed by atoms with Crippen LogP contribution in [0.5, 0.6) is 0 Å². The van der Waals surface area contributed by atoms with E-state index in [-0.39, 0.29) is 6.03 Å². The van der Waals surface area contributed by atoms with Gasteiger partial charge in [-0.05, 0) is 77.7 Å². The zero-order valence-corrected chi connectivity index (χ0v) is 23.2. The fraction of sp³-hybridized carbons (Fsp3) is 0.714. The molecule has 0 aromatic carbocycles. The van der Waals surface area contributed by atoms with E-state index in [0.717, 1.165) is 62.6 Å². The second-order valence-electron chi connectivity index (χ2n) is 11.9. The summed E-state index contributed by atoms with van der Waals surface area (Å²) in [4.78, 5) is 28.5. The van der Waals surface area contributed by atoms with Crippen LogP contribution in [0.25, 0.3) is 0 Å². The number of hydrogen-bond donors (Lipinski definition) is 2. The summed E-state index contributed by atoms with van der Waals surface area (Å²) in [5, 5.41) is 11.9. The minimum Gasteiger partial charge on any atom is -0.370 e. The highest BCUT2D eigenvalue weighted by molar-refractivity contribution is 5.74. The first-order valence-electron chi connectivity index (χ1n) is 14.6. The summed E-state index contributed by atoms with van der Waals surface area (Å²) >= 11 is 0. The van der Waals surface area contributed by atoms with Crippen LogP contribution in [0.1, 0.15) is 81.0 Å². The summed E-state index contributed by atoms with van der Waals surface area (Å²) in [6.45, 7) is 5.30. The summed E-state index contributed by atoms with van der Waals surface area (Å²) in [7, 11) is 4.18. The number of anilines is 3. The Morgan fingerprint density at radius 1 is 1.03 bits per heavy atom. The molecule has 2 aromatic rings. The molecule has 0 radical (unpaired) electrons. The highest BCUT2D eigenvalue weighted by Gasteiger charge is 2.39. The molecular formula is C28H43N9O. The van der Waals surface area contributed by atoms with Crippen LogP contribution in [0.15, 0.2) is 12.4 Å². The number of urea groups is 1. The van der Waals surface area contributed by atoms with Crippen molar-refractivity contribution in [2.75, 3.05) is 50.9 Å². The van der Waals surface area contributed by atoms with Gasteiger partial charge in [-0.15, -0.1) is 0 Å². The van der Waals surface area contributed by atoms with Crippen molar-refractivity contribution in [2.24, 2.45) is 0 Å². The number of aromatic nitrogens is 4. The van der Waals surface area contributed by atoms with E-state index in [4.69, 9.17) is 10.1 Å². The fourth-order valence-corrected chi connectivity index (χ4v) is 6.57. The number of piperidine rings is 1. The van der Waals surface area contributed by atoms with Crippen molar-refractivity contribution in [1.82, 2.24) is 34.4 Å². The van der Waals surface area contributed by atoms with Crippen LogP contribution < -0.4 is 10.6 Å². The van der Waals surface area contributed by atoms with Crippen LogP contribution in [0.2, 0.25) is 0 Å². The molecule has 0 spiro atoms. The first kappa shape index (κ1) is 25.4. The minimum atomic E-state index is 0.151. The number of amides is 2. The second kappa shape index (κ2) is 10.7. The van der Waals surface area contributed by atoms with Crippen molar-refractivity contribution in [3.05, 3.63) is 23.7 Å². The maximum atomic E-state index is 12.6. The van der Waals surface area contributed by atoms with Gasteiger partial charge >= 0.3 is 6.03 Å². The number of carbonyl (C=O) groups excluding carboxylic acids is 1. The van der Waals surface area contributed by atoms with Crippen LogP contribution in [0.3, 0.4) is 0 Å². The van der Waals surface area contributed by atoms with Gasteiger partial charge in [-0.1, -0.05) is 0 Å². The average molecular weight is 522 g/mol. The molecule has 2 bridgehead atoms. The number of nitrogens with zero attached hydrogens (tertiary/aromatic N) is 7. The molecule has 3 aliphatic heterocycles. The van der Waals surface area contributed by atoms with E-state index in [0.29, 0.717) is 30.0 Å². The van der Waals surface area contributed by atoms with E-state index in [9.17, 15) is 4.79 Å². The molecule has 6 rings (SSSR count). The SMILES string of the molecule is Cc1nn(C2CC3CCC(C2)N3C)cc1Nc1ncc(C2CC2)c(NCCCN2CCCCN(C)C2=O)n1. The maximum Gasteiger partial charge on any atom is 0.319 e. The molecule has 2 atom stereocenters. The molecule has 38 heavy (non-hydrogen) atoms. The maximum absolute atomic E-state index is 12.6. The van der Waals surface area contributed by atoms with Gasteiger partial charge in [0.25, 0.3) is 0 Å². The van der Waals surface area contributed by atoms with Crippen molar-refractivity contribution >= 4 is 23.5 Å². The monoisotopic (exact) mass is 521 g/mol. The van der Waals surface area contributed by atoms with Crippen LogP contribution in [-0.2, 0) is 0 Å². The molecule has 2 unspecified atom stereocenters. The molecule has 206 valence electrons. The molecule has 3 saturated heterocycles. The third kappa shape index (κ3) is 5.32. The van der Waals surface area contributed by atoms with Crippen LogP contribution >= 0.6 is 0 Å². The third-order valence-corrected chi connectivity index (χ3v) is 9.11. The van der Waals surface area contributed by atoms with Gasteiger partial charge in [-0.2, -0.15) is 10.1 Å². The Labute approximate surface area is 226 Å². The molecule has 4 aliphatic rings. The highest BCUT2D eigenvalue weighted by atomic mass is 16.2. The van der Waals surface area contributed by atoms with Gasteiger partial charge in [0.05, 0.1) is 17.4 Å². The smallest absolute Gasteiger partial charge is 0.319 e.